The Morgan fingerprint density at radius 1 is 1.36 bits per heavy atom. The van der Waals surface area contributed by atoms with Gasteiger partial charge in [-0.1, -0.05) is 0 Å². The summed E-state index contributed by atoms with van der Waals surface area (Å²) in [5, 5.41) is 4.16. The maximum Gasteiger partial charge on any atom is 0.247 e. The number of imidazole rings is 1. The van der Waals surface area contributed by atoms with Crippen LogP contribution in [0, 0.1) is 13.8 Å². The van der Waals surface area contributed by atoms with Gasteiger partial charge in [0, 0.05) is 25.0 Å². The van der Waals surface area contributed by atoms with Gasteiger partial charge in [0.15, 0.2) is 0 Å². The van der Waals surface area contributed by atoms with Gasteiger partial charge in [0.05, 0.1) is 17.9 Å². The van der Waals surface area contributed by atoms with E-state index in [0.717, 1.165) is 24.4 Å². The van der Waals surface area contributed by atoms with Crippen LogP contribution in [0.3, 0.4) is 0 Å². The van der Waals surface area contributed by atoms with E-state index < -0.39 is 10.0 Å². The second-order valence-corrected chi connectivity index (χ2v) is 7.49. The Bertz CT molecular complexity index is 777. The van der Waals surface area contributed by atoms with Crippen LogP contribution in [0.15, 0.2) is 17.3 Å². The SMILES string of the molecule is CCn1ncc(S(=O)(=O)N2CCC[C@@H]2c2ncc(C)[nH]2)c1C. The first-order valence-corrected chi connectivity index (χ1v) is 8.95. The highest BCUT2D eigenvalue weighted by Gasteiger charge is 2.39. The summed E-state index contributed by atoms with van der Waals surface area (Å²) in [5.74, 6) is 0.721. The Morgan fingerprint density at radius 2 is 2.14 bits per heavy atom. The molecular formula is C14H21N5O2S. The van der Waals surface area contributed by atoms with Gasteiger partial charge < -0.3 is 4.98 Å². The number of aromatic nitrogens is 4. The Kier molecular flexibility index (Phi) is 3.82. The van der Waals surface area contributed by atoms with Crippen molar-refractivity contribution in [1.82, 2.24) is 24.1 Å². The molecule has 0 spiro atoms. The minimum atomic E-state index is -3.56. The minimum absolute atomic E-state index is 0.219. The first-order valence-electron chi connectivity index (χ1n) is 7.51. The molecule has 1 N–H and O–H groups in total. The third-order valence-corrected chi connectivity index (χ3v) is 6.20. The summed E-state index contributed by atoms with van der Waals surface area (Å²) in [5.41, 5.74) is 1.62. The second kappa shape index (κ2) is 5.51. The molecule has 1 atom stereocenters. The molecule has 120 valence electrons. The molecule has 0 aliphatic carbocycles. The van der Waals surface area contributed by atoms with E-state index in [1.807, 2.05) is 13.8 Å². The molecule has 3 rings (SSSR count). The van der Waals surface area contributed by atoms with Crippen LogP contribution in [-0.2, 0) is 16.6 Å². The van der Waals surface area contributed by atoms with E-state index in [1.54, 1.807) is 22.1 Å². The number of nitrogens with one attached hydrogen (secondary N) is 1. The van der Waals surface area contributed by atoms with Crippen molar-refractivity contribution in [2.75, 3.05) is 6.54 Å². The molecule has 0 amide bonds. The van der Waals surface area contributed by atoms with Crippen molar-refractivity contribution in [3.63, 3.8) is 0 Å². The average Bonchev–Trinajstić information content (AvgIpc) is 3.17. The highest BCUT2D eigenvalue weighted by molar-refractivity contribution is 7.89. The van der Waals surface area contributed by atoms with Crippen molar-refractivity contribution in [3.8, 4) is 0 Å². The molecule has 0 radical (unpaired) electrons. The number of aromatic amines is 1. The normalized spacial score (nSPS) is 19.9. The Labute approximate surface area is 130 Å². The summed E-state index contributed by atoms with van der Waals surface area (Å²) in [4.78, 5) is 7.78. The van der Waals surface area contributed by atoms with Gasteiger partial charge in [-0.25, -0.2) is 13.4 Å². The molecule has 0 bridgehead atoms. The number of nitrogens with zero attached hydrogens (tertiary/aromatic N) is 4. The van der Waals surface area contributed by atoms with E-state index in [4.69, 9.17) is 0 Å². The standard InChI is InChI=1S/C14H21N5O2S/c1-4-18-11(3)13(9-16-18)22(20,21)19-7-5-6-12(19)14-15-8-10(2)17-14/h8-9,12H,4-7H2,1-3H3,(H,15,17)/t12-/m1/s1. The first-order chi connectivity index (χ1) is 10.4. The topological polar surface area (TPSA) is 83.9 Å². The molecule has 0 saturated carbocycles. The lowest BCUT2D eigenvalue weighted by Gasteiger charge is -2.22. The molecule has 22 heavy (non-hydrogen) atoms. The highest BCUT2D eigenvalue weighted by atomic mass is 32.2. The summed E-state index contributed by atoms with van der Waals surface area (Å²) in [6.45, 7) is 6.83. The number of rotatable bonds is 4. The van der Waals surface area contributed by atoms with Crippen LogP contribution in [0.5, 0.6) is 0 Å². The minimum Gasteiger partial charge on any atom is -0.345 e. The number of hydrogen-bond acceptors (Lipinski definition) is 4. The van der Waals surface area contributed by atoms with Crippen LogP contribution in [0.2, 0.25) is 0 Å². The lowest BCUT2D eigenvalue weighted by Crippen LogP contribution is -2.31. The first kappa shape index (κ1) is 15.2. The van der Waals surface area contributed by atoms with Gasteiger partial charge in [-0.3, -0.25) is 4.68 Å². The van der Waals surface area contributed by atoms with Gasteiger partial charge in [-0.05, 0) is 33.6 Å². The third-order valence-electron chi connectivity index (χ3n) is 4.19. The van der Waals surface area contributed by atoms with Crippen LogP contribution in [0.4, 0.5) is 0 Å². The van der Waals surface area contributed by atoms with Gasteiger partial charge in [0.1, 0.15) is 10.7 Å². The fourth-order valence-electron chi connectivity index (χ4n) is 3.03. The predicted molar refractivity (Wildman–Crippen MR) is 81.8 cm³/mol. The molecule has 7 nitrogen and oxygen atoms in total. The smallest absolute Gasteiger partial charge is 0.247 e. The molecule has 2 aromatic heterocycles. The van der Waals surface area contributed by atoms with Gasteiger partial charge in [-0.15, -0.1) is 0 Å². The number of hydrogen-bond donors (Lipinski definition) is 1. The highest BCUT2D eigenvalue weighted by Crippen LogP contribution is 2.35. The van der Waals surface area contributed by atoms with Crippen molar-refractivity contribution in [1.29, 1.82) is 0 Å². The zero-order valence-electron chi connectivity index (χ0n) is 13.1. The van der Waals surface area contributed by atoms with E-state index in [1.165, 1.54) is 6.20 Å². The Hall–Kier alpha value is -1.67. The average molecular weight is 323 g/mol. The molecule has 2 aromatic rings. The van der Waals surface area contributed by atoms with E-state index >= 15 is 0 Å². The third kappa shape index (κ3) is 2.36. The predicted octanol–water partition coefficient (Wildman–Crippen LogP) is 1.77. The van der Waals surface area contributed by atoms with Crippen LogP contribution in [-0.4, -0.2) is 39.0 Å². The Balaban J connectivity index is 1.98. The van der Waals surface area contributed by atoms with Crippen molar-refractivity contribution in [3.05, 3.63) is 29.6 Å². The number of aryl methyl sites for hydroxylation is 2. The fourth-order valence-corrected chi connectivity index (χ4v) is 4.85. The zero-order valence-corrected chi connectivity index (χ0v) is 13.9. The van der Waals surface area contributed by atoms with Crippen molar-refractivity contribution >= 4 is 10.0 Å². The summed E-state index contributed by atoms with van der Waals surface area (Å²) < 4.78 is 29.3. The van der Waals surface area contributed by atoms with E-state index in [2.05, 4.69) is 15.1 Å². The van der Waals surface area contributed by atoms with Crippen molar-refractivity contribution in [2.24, 2.45) is 0 Å². The quantitative estimate of drug-likeness (QED) is 0.929. The lowest BCUT2D eigenvalue weighted by atomic mass is 10.2. The molecule has 0 unspecified atom stereocenters. The van der Waals surface area contributed by atoms with E-state index in [0.29, 0.717) is 23.7 Å². The molecule has 1 aliphatic heterocycles. The van der Waals surface area contributed by atoms with Gasteiger partial charge >= 0.3 is 0 Å². The largest absolute Gasteiger partial charge is 0.345 e. The molecule has 1 aliphatic rings. The summed E-state index contributed by atoms with van der Waals surface area (Å²) >= 11 is 0. The van der Waals surface area contributed by atoms with Crippen molar-refractivity contribution < 1.29 is 8.42 Å². The van der Waals surface area contributed by atoms with Gasteiger partial charge in [0.25, 0.3) is 0 Å². The van der Waals surface area contributed by atoms with Crippen LogP contribution in [0.1, 0.15) is 43.0 Å². The number of H-pyrrole nitrogens is 1. The van der Waals surface area contributed by atoms with Crippen LogP contribution < -0.4 is 0 Å². The molecule has 1 saturated heterocycles. The number of sulfonamides is 1. The molecular weight excluding hydrogens is 302 g/mol. The summed E-state index contributed by atoms with van der Waals surface area (Å²) in [7, 11) is -3.56. The summed E-state index contributed by atoms with van der Waals surface area (Å²) in [6.07, 6.45) is 4.81. The van der Waals surface area contributed by atoms with Crippen LogP contribution >= 0.6 is 0 Å². The molecule has 0 aromatic carbocycles. The monoisotopic (exact) mass is 323 g/mol. The van der Waals surface area contributed by atoms with Crippen LogP contribution in [0.25, 0.3) is 0 Å². The Morgan fingerprint density at radius 3 is 2.73 bits per heavy atom. The second-order valence-electron chi connectivity index (χ2n) is 5.64. The zero-order chi connectivity index (χ0) is 15.9. The molecule has 3 heterocycles. The van der Waals surface area contributed by atoms with Gasteiger partial charge in [-0.2, -0.15) is 9.40 Å². The van der Waals surface area contributed by atoms with E-state index in [9.17, 15) is 8.42 Å². The van der Waals surface area contributed by atoms with Crippen molar-refractivity contribution in [2.45, 2.75) is 51.1 Å². The molecule has 8 heteroatoms. The maximum atomic E-state index is 13.0. The lowest BCUT2D eigenvalue weighted by molar-refractivity contribution is 0.384. The van der Waals surface area contributed by atoms with Gasteiger partial charge in [0.2, 0.25) is 10.0 Å². The molecule has 1 fully saturated rings. The summed E-state index contributed by atoms with van der Waals surface area (Å²) in [6, 6.07) is -0.219. The fraction of sp³-hybridized carbons (Fsp3) is 0.571. The maximum absolute atomic E-state index is 13.0. The van der Waals surface area contributed by atoms with E-state index in [-0.39, 0.29) is 6.04 Å².